The summed E-state index contributed by atoms with van der Waals surface area (Å²) >= 11 is 0. The third kappa shape index (κ3) is 2.65. The van der Waals surface area contributed by atoms with E-state index in [0.717, 1.165) is 0 Å². The second-order valence-corrected chi connectivity index (χ2v) is 7.38. The van der Waals surface area contributed by atoms with Gasteiger partial charge in [-0.3, -0.25) is 4.79 Å². The van der Waals surface area contributed by atoms with Crippen molar-refractivity contribution in [1.82, 2.24) is 0 Å². The molecule has 1 fully saturated rings. The summed E-state index contributed by atoms with van der Waals surface area (Å²) in [6.07, 6.45) is 3.05. The van der Waals surface area contributed by atoms with Crippen LogP contribution >= 0.6 is 0 Å². The first-order chi connectivity index (χ1) is 6.97. The first-order valence-electron chi connectivity index (χ1n) is 6.29. The van der Waals surface area contributed by atoms with Gasteiger partial charge in [-0.2, -0.15) is 0 Å². The van der Waals surface area contributed by atoms with Crippen molar-refractivity contribution >= 4 is 5.78 Å². The minimum Gasteiger partial charge on any atom is -0.319 e. The van der Waals surface area contributed by atoms with E-state index in [-0.39, 0.29) is 16.6 Å². The lowest BCUT2D eigenvalue weighted by molar-refractivity contribution is -0.125. The van der Waals surface area contributed by atoms with E-state index < -0.39 is 5.54 Å². The lowest BCUT2D eigenvalue weighted by Crippen LogP contribution is -2.44. The molecule has 0 spiro atoms. The molecule has 2 nitrogen and oxygen atoms in total. The summed E-state index contributed by atoms with van der Waals surface area (Å²) in [5.41, 5.74) is 5.74. The van der Waals surface area contributed by atoms with Crippen molar-refractivity contribution < 1.29 is 4.79 Å². The average Bonchev–Trinajstić information content (AvgIpc) is 2.26. The van der Waals surface area contributed by atoms with Gasteiger partial charge in [0, 0.05) is 6.42 Å². The van der Waals surface area contributed by atoms with Gasteiger partial charge in [0.25, 0.3) is 0 Å². The number of nitrogens with two attached hydrogens (primary N) is 1. The molecule has 1 aliphatic rings. The summed E-state index contributed by atoms with van der Waals surface area (Å²) in [4.78, 5) is 12.1. The van der Waals surface area contributed by atoms with Crippen LogP contribution in [0.1, 0.15) is 60.8 Å². The lowest BCUT2D eigenvalue weighted by atomic mass is 9.69. The fourth-order valence-corrected chi connectivity index (χ4v) is 3.05. The highest BCUT2D eigenvalue weighted by Gasteiger charge is 2.48. The van der Waals surface area contributed by atoms with Crippen molar-refractivity contribution in [2.75, 3.05) is 0 Å². The highest BCUT2D eigenvalue weighted by Crippen LogP contribution is 2.55. The molecule has 0 amide bonds. The Morgan fingerprint density at radius 2 is 1.56 bits per heavy atom. The molecule has 2 heteroatoms. The summed E-state index contributed by atoms with van der Waals surface area (Å²) in [6, 6.07) is 0. The van der Waals surface area contributed by atoms with Gasteiger partial charge < -0.3 is 5.73 Å². The Labute approximate surface area is 100.0 Å². The predicted octanol–water partition coefficient (Wildman–Crippen LogP) is 3.15. The maximum atomic E-state index is 12.1. The van der Waals surface area contributed by atoms with Crippen molar-refractivity contribution in [1.29, 1.82) is 0 Å². The summed E-state index contributed by atoms with van der Waals surface area (Å²) in [7, 11) is 0. The molecule has 0 heterocycles. The van der Waals surface area contributed by atoms with Gasteiger partial charge in [0.05, 0.1) is 5.54 Å². The Bertz CT molecular complexity index is 268. The van der Waals surface area contributed by atoms with Crippen LogP contribution in [0.2, 0.25) is 0 Å². The largest absolute Gasteiger partial charge is 0.319 e. The number of carbonyl (C=O) groups excluding carboxylic acids is 1. The molecule has 2 N–H and O–H groups in total. The van der Waals surface area contributed by atoms with Gasteiger partial charge in [-0.1, -0.05) is 27.7 Å². The molecule has 0 aromatic heterocycles. The zero-order chi connectivity index (χ0) is 12.8. The van der Waals surface area contributed by atoms with Crippen LogP contribution in [0.4, 0.5) is 0 Å². The van der Waals surface area contributed by atoms with Crippen LogP contribution in [0.15, 0.2) is 0 Å². The zero-order valence-electron chi connectivity index (χ0n) is 11.7. The van der Waals surface area contributed by atoms with Crippen molar-refractivity contribution in [3.8, 4) is 0 Å². The molecule has 0 aliphatic heterocycles. The number of rotatable bonds is 3. The normalized spacial score (nSPS) is 24.7. The molecule has 0 unspecified atom stereocenters. The van der Waals surface area contributed by atoms with E-state index in [0.29, 0.717) is 12.3 Å². The second-order valence-electron chi connectivity index (χ2n) is 7.38. The third-order valence-corrected chi connectivity index (χ3v) is 4.41. The molecule has 1 rings (SSSR count). The first kappa shape index (κ1) is 13.7. The van der Waals surface area contributed by atoms with Gasteiger partial charge in [0.15, 0.2) is 5.78 Å². The molecule has 94 valence electrons. The SMILES string of the molecule is CC(C)(N)C(=O)CC1C(C)(C)CCC1(C)C. The predicted molar refractivity (Wildman–Crippen MR) is 68.2 cm³/mol. The first-order valence-corrected chi connectivity index (χ1v) is 6.29. The van der Waals surface area contributed by atoms with Crippen molar-refractivity contribution in [3.05, 3.63) is 0 Å². The number of carbonyl (C=O) groups is 1. The van der Waals surface area contributed by atoms with Crippen LogP contribution in [0, 0.1) is 16.7 Å². The molecule has 0 bridgehead atoms. The van der Waals surface area contributed by atoms with E-state index in [4.69, 9.17) is 5.73 Å². The van der Waals surface area contributed by atoms with Crippen LogP contribution in [0.25, 0.3) is 0 Å². The van der Waals surface area contributed by atoms with E-state index in [2.05, 4.69) is 27.7 Å². The number of ketones is 1. The van der Waals surface area contributed by atoms with Gasteiger partial charge in [-0.25, -0.2) is 0 Å². The smallest absolute Gasteiger partial charge is 0.152 e. The molecule has 0 radical (unpaired) electrons. The minimum absolute atomic E-state index is 0.195. The van der Waals surface area contributed by atoms with E-state index in [1.807, 2.05) is 13.8 Å². The molecule has 0 saturated heterocycles. The second kappa shape index (κ2) is 3.83. The molecule has 0 aromatic rings. The quantitative estimate of drug-likeness (QED) is 0.802. The molecule has 0 aromatic carbocycles. The fraction of sp³-hybridized carbons (Fsp3) is 0.929. The number of Topliss-reactive ketones (excluding diaryl/α,β-unsaturated/α-hetero) is 1. The molecule has 16 heavy (non-hydrogen) atoms. The van der Waals surface area contributed by atoms with Crippen LogP contribution < -0.4 is 5.73 Å². The Hall–Kier alpha value is -0.370. The van der Waals surface area contributed by atoms with Crippen molar-refractivity contribution in [2.24, 2.45) is 22.5 Å². The third-order valence-electron chi connectivity index (χ3n) is 4.41. The highest BCUT2D eigenvalue weighted by molar-refractivity contribution is 5.87. The molecule has 1 aliphatic carbocycles. The number of hydrogen-bond donors (Lipinski definition) is 1. The summed E-state index contributed by atoms with van der Waals surface area (Å²) in [5.74, 6) is 0.649. The average molecular weight is 225 g/mol. The standard InChI is InChI=1S/C14H27NO/c1-12(2)7-8-13(3,4)10(12)9-11(16)14(5,6)15/h10H,7-9,15H2,1-6H3. The van der Waals surface area contributed by atoms with Crippen LogP contribution in [0.3, 0.4) is 0 Å². The maximum absolute atomic E-state index is 12.1. The van der Waals surface area contributed by atoms with Crippen LogP contribution in [0.5, 0.6) is 0 Å². The van der Waals surface area contributed by atoms with Crippen molar-refractivity contribution in [3.63, 3.8) is 0 Å². The van der Waals surface area contributed by atoms with Gasteiger partial charge in [0.2, 0.25) is 0 Å². The van der Waals surface area contributed by atoms with E-state index in [1.54, 1.807) is 0 Å². The Kier molecular flexibility index (Phi) is 3.28. The van der Waals surface area contributed by atoms with Crippen LogP contribution in [-0.4, -0.2) is 11.3 Å². The van der Waals surface area contributed by atoms with E-state index in [9.17, 15) is 4.79 Å². The van der Waals surface area contributed by atoms with Gasteiger partial charge >= 0.3 is 0 Å². The number of hydrogen-bond acceptors (Lipinski definition) is 2. The summed E-state index contributed by atoms with van der Waals surface area (Å²) < 4.78 is 0. The highest BCUT2D eigenvalue weighted by atomic mass is 16.1. The van der Waals surface area contributed by atoms with Gasteiger partial charge in [0.1, 0.15) is 0 Å². The molecular weight excluding hydrogens is 198 g/mol. The monoisotopic (exact) mass is 225 g/mol. The van der Waals surface area contributed by atoms with E-state index in [1.165, 1.54) is 12.8 Å². The summed E-state index contributed by atoms with van der Waals surface area (Å²) in [6.45, 7) is 12.7. The van der Waals surface area contributed by atoms with Gasteiger partial charge in [-0.15, -0.1) is 0 Å². The molecular formula is C14H27NO. The van der Waals surface area contributed by atoms with E-state index >= 15 is 0 Å². The lowest BCUT2D eigenvalue weighted by Gasteiger charge is -2.36. The molecule has 1 saturated carbocycles. The summed E-state index contributed by atoms with van der Waals surface area (Å²) in [5, 5.41) is 0. The fourth-order valence-electron chi connectivity index (χ4n) is 3.05. The zero-order valence-corrected chi connectivity index (χ0v) is 11.7. The Morgan fingerprint density at radius 3 is 1.88 bits per heavy atom. The minimum atomic E-state index is -0.686. The topological polar surface area (TPSA) is 43.1 Å². The van der Waals surface area contributed by atoms with Gasteiger partial charge in [-0.05, 0) is 43.4 Å². The molecule has 0 atom stereocenters. The Balaban J connectivity index is 2.83. The van der Waals surface area contributed by atoms with Crippen molar-refractivity contribution in [2.45, 2.75) is 66.3 Å². The van der Waals surface area contributed by atoms with Crippen LogP contribution in [-0.2, 0) is 4.79 Å². The maximum Gasteiger partial charge on any atom is 0.152 e. The Morgan fingerprint density at radius 1 is 1.19 bits per heavy atom.